The van der Waals surface area contributed by atoms with E-state index in [1.807, 2.05) is 0 Å². The van der Waals surface area contributed by atoms with Crippen molar-refractivity contribution in [3.63, 3.8) is 0 Å². The third kappa shape index (κ3) is 9.62. The molecule has 100 valence electrons. The van der Waals surface area contributed by atoms with Gasteiger partial charge in [-0.2, -0.15) is 0 Å². The molecule has 0 unspecified atom stereocenters. The van der Waals surface area contributed by atoms with Gasteiger partial charge in [0.15, 0.2) is 0 Å². The van der Waals surface area contributed by atoms with Crippen LogP contribution in [0.15, 0.2) is 0 Å². The molecule has 0 aliphatic heterocycles. The zero-order valence-corrected chi connectivity index (χ0v) is 10.8. The van der Waals surface area contributed by atoms with Crippen molar-refractivity contribution in [3.05, 3.63) is 0 Å². The Balaban J connectivity index is 3.52. The van der Waals surface area contributed by atoms with E-state index in [-0.39, 0.29) is 0 Å². The van der Waals surface area contributed by atoms with Crippen molar-refractivity contribution in [2.75, 3.05) is 6.54 Å². The van der Waals surface area contributed by atoms with Crippen molar-refractivity contribution in [3.8, 4) is 0 Å². The maximum Gasteiger partial charge on any atom is 0.407 e. The number of nitrogens with two attached hydrogens (primary N) is 2. The van der Waals surface area contributed by atoms with Gasteiger partial charge in [-0.3, -0.25) is 4.79 Å². The Morgan fingerprint density at radius 1 is 1.29 bits per heavy atom. The highest BCUT2D eigenvalue weighted by Gasteiger charge is 2.15. The van der Waals surface area contributed by atoms with Crippen LogP contribution in [-0.2, 0) is 9.53 Å². The van der Waals surface area contributed by atoms with Crippen molar-refractivity contribution in [1.29, 1.82) is 0 Å². The Hall–Kier alpha value is -1.30. The fourth-order valence-electron chi connectivity index (χ4n) is 1.14. The highest BCUT2D eigenvalue weighted by molar-refractivity contribution is 5.79. The van der Waals surface area contributed by atoms with Crippen molar-refractivity contribution >= 4 is 12.0 Å². The number of rotatable bonds is 6. The number of carbonyl (C=O) groups is 2. The predicted molar refractivity (Wildman–Crippen MR) is 65.3 cm³/mol. The highest BCUT2D eigenvalue weighted by atomic mass is 16.6. The normalized spacial score (nSPS) is 12.9. The number of alkyl carbamates (subject to hydrolysis) is 1. The zero-order chi connectivity index (χ0) is 13.5. The second-order valence-corrected chi connectivity index (χ2v) is 4.93. The summed E-state index contributed by atoms with van der Waals surface area (Å²) in [4.78, 5) is 21.9. The largest absolute Gasteiger partial charge is 0.444 e. The maximum absolute atomic E-state index is 11.2. The molecule has 0 aliphatic carbocycles. The highest BCUT2D eigenvalue weighted by Crippen LogP contribution is 2.06. The fraction of sp³-hybridized carbons (Fsp3) is 0.818. The van der Waals surface area contributed by atoms with Crippen LogP contribution in [0.3, 0.4) is 0 Å². The Labute approximate surface area is 102 Å². The topological polar surface area (TPSA) is 107 Å². The molecule has 0 saturated carbocycles. The summed E-state index contributed by atoms with van der Waals surface area (Å²) in [5.41, 5.74) is 9.98. The molecule has 0 aromatic heterocycles. The van der Waals surface area contributed by atoms with E-state index in [2.05, 4.69) is 5.32 Å². The van der Waals surface area contributed by atoms with Crippen LogP contribution >= 0.6 is 0 Å². The maximum atomic E-state index is 11.2. The molecule has 0 fully saturated rings. The molecule has 0 radical (unpaired) electrons. The monoisotopic (exact) mass is 245 g/mol. The number of nitrogens with one attached hydrogen (secondary N) is 1. The lowest BCUT2D eigenvalue weighted by Gasteiger charge is -2.19. The smallest absolute Gasteiger partial charge is 0.407 e. The number of unbranched alkanes of at least 4 members (excludes halogenated alkanes) is 1. The second-order valence-electron chi connectivity index (χ2n) is 4.93. The third-order valence-corrected chi connectivity index (χ3v) is 1.98. The fourth-order valence-corrected chi connectivity index (χ4v) is 1.14. The molecule has 2 amide bonds. The molecule has 5 N–H and O–H groups in total. The van der Waals surface area contributed by atoms with E-state index in [4.69, 9.17) is 16.2 Å². The average molecular weight is 245 g/mol. The van der Waals surface area contributed by atoms with Gasteiger partial charge < -0.3 is 21.5 Å². The molecule has 6 nitrogen and oxygen atoms in total. The molecule has 17 heavy (non-hydrogen) atoms. The molecule has 0 aromatic carbocycles. The minimum Gasteiger partial charge on any atom is -0.444 e. The zero-order valence-electron chi connectivity index (χ0n) is 10.8. The van der Waals surface area contributed by atoms with Gasteiger partial charge in [0.25, 0.3) is 0 Å². The van der Waals surface area contributed by atoms with Crippen LogP contribution in [0.1, 0.15) is 40.0 Å². The quantitative estimate of drug-likeness (QED) is 0.592. The Morgan fingerprint density at radius 3 is 2.35 bits per heavy atom. The van der Waals surface area contributed by atoms with Crippen LogP contribution < -0.4 is 16.8 Å². The first-order valence-electron chi connectivity index (χ1n) is 5.74. The van der Waals surface area contributed by atoms with Gasteiger partial charge in [-0.25, -0.2) is 4.79 Å². The van der Waals surface area contributed by atoms with E-state index >= 15 is 0 Å². The van der Waals surface area contributed by atoms with Gasteiger partial charge in [0.2, 0.25) is 5.91 Å². The van der Waals surface area contributed by atoms with Crippen LogP contribution in [-0.4, -0.2) is 30.2 Å². The molecule has 6 heteroatoms. The van der Waals surface area contributed by atoms with E-state index < -0.39 is 23.6 Å². The first kappa shape index (κ1) is 15.7. The van der Waals surface area contributed by atoms with Gasteiger partial charge in [-0.15, -0.1) is 0 Å². The molecule has 0 aromatic rings. The van der Waals surface area contributed by atoms with Gasteiger partial charge >= 0.3 is 6.09 Å². The first-order valence-corrected chi connectivity index (χ1v) is 5.74. The minimum atomic E-state index is -0.600. The SMILES string of the molecule is CC(C)(C)OC(=O)NCCCC[C@@H](N)C(N)=O. The molecular weight excluding hydrogens is 222 g/mol. The molecule has 0 bridgehead atoms. The van der Waals surface area contributed by atoms with Crippen LogP contribution in [0.5, 0.6) is 0 Å². The molecule has 0 saturated heterocycles. The predicted octanol–water partition coefficient (Wildman–Crippen LogP) is 0.494. The van der Waals surface area contributed by atoms with Crippen molar-refractivity contribution in [2.45, 2.75) is 51.7 Å². The third-order valence-electron chi connectivity index (χ3n) is 1.98. The number of hydrogen-bond acceptors (Lipinski definition) is 4. The van der Waals surface area contributed by atoms with Gasteiger partial charge in [0, 0.05) is 6.54 Å². The van der Waals surface area contributed by atoms with Crippen LogP contribution in [0.2, 0.25) is 0 Å². The summed E-state index contributed by atoms with van der Waals surface area (Å²) in [5, 5.41) is 2.62. The lowest BCUT2D eigenvalue weighted by Crippen LogP contribution is -2.36. The van der Waals surface area contributed by atoms with Crippen LogP contribution in [0.4, 0.5) is 4.79 Å². The summed E-state index contributed by atoms with van der Waals surface area (Å²) in [7, 11) is 0. The number of ether oxygens (including phenoxy) is 1. The van der Waals surface area contributed by atoms with Gasteiger partial charge in [-0.1, -0.05) is 0 Å². The number of hydrogen-bond donors (Lipinski definition) is 3. The lowest BCUT2D eigenvalue weighted by molar-refractivity contribution is -0.119. The van der Waals surface area contributed by atoms with Gasteiger partial charge in [0.05, 0.1) is 6.04 Å². The van der Waals surface area contributed by atoms with Crippen LogP contribution in [0, 0.1) is 0 Å². The van der Waals surface area contributed by atoms with Gasteiger partial charge in [0.1, 0.15) is 5.60 Å². The minimum absolute atomic E-state index is 0.434. The van der Waals surface area contributed by atoms with Crippen molar-refractivity contribution < 1.29 is 14.3 Å². The van der Waals surface area contributed by atoms with E-state index in [0.29, 0.717) is 13.0 Å². The summed E-state index contributed by atoms with van der Waals surface area (Å²) in [5.74, 6) is -0.495. The molecule has 0 aliphatic rings. The van der Waals surface area contributed by atoms with E-state index in [1.165, 1.54) is 0 Å². The molecule has 0 heterocycles. The van der Waals surface area contributed by atoms with E-state index in [1.54, 1.807) is 20.8 Å². The van der Waals surface area contributed by atoms with Crippen molar-refractivity contribution in [1.82, 2.24) is 5.32 Å². The standard InChI is InChI=1S/C11H23N3O3/c1-11(2,3)17-10(16)14-7-5-4-6-8(12)9(13)15/h8H,4-7,12H2,1-3H3,(H2,13,15)(H,14,16)/t8-/m1/s1. The number of amides is 2. The summed E-state index contributed by atoms with van der Waals surface area (Å²) in [6.07, 6.45) is 1.57. The summed E-state index contributed by atoms with van der Waals surface area (Å²) in [6.45, 7) is 5.91. The second kappa shape index (κ2) is 7.11. The molecular formula is C11H23N3O3. The molecule has 0 spiro atoms. The number of primary amides is 1. The Morgan fingerprint density at radius 2 is 1.88 bits per heavy atom. The van der Waals surface area contributed by atoms with E-state index in [9.17, 15) is 9.59 Å². The summed E-state index contributed by atoms with van der Waals surface area (Å²) < 4.78 is 5.05. The number of carbonyl (C=O) groups excluding carboxylic acids is 2. The summed E-state index contributed by atoms with van der Waals surface area (Å²) in [6, 6.07) is -0.600. The molecule has 0 rings (SSSR count). The Kier molecular flexibility index (Phi) is 6.57. The van der Waals surface area contributed by atoms with E-state index in [0.717, 1.165) is 12.8 Å². The van der Waals surface area contributed by atoms with Crippen LogP contribution in [0.25, 0.3) is 0 Å². The summed E-state index contributed by atoms with van der Waals surface area (Å²) >= 11 is 0. The average Bonchev–Trinajstić information content (AvgIpc) is 2.13. The van der Waals surface area contributed by atoms with Crippen molar-refractivity contribution in [2.24, 2.45) is 11.5 Å². The lowest BCUT2D eigenvalue weighted by atomic mass is 10.1. The Bertz CT molecular complexity index is 261. The van der Waals surface area contributed by atoms with Gasteiger partial charge in [-0.05, 0) is 40.0 Å². The first-order chi connectivity index (χ1) is 7.72. The molecule has 1 atom stereocenters.